The lowest BCUT2D eigenvalue weighted by Crippen LogP contribution is -2.05. The molecule has 0 saturated heterocycles. The maximum atomic E-state index is 12.4. The van der Waals surface area contributed by atoms with Gasteiger partial charge in [-0.05, 0) is 41.1 Å². The van der Waals surface area contributed by atoms with Gasteiger partial charge < -0.3 is 5.73 Å². The fraction of sp³-hybridized carbons (Fsp3) is 0.250. The summed E-state index contributed by atoms with van der Waals surface area (Å²) in [4.78, 5) is 0.639. The number of halogens is 2. The van der Waals surface area contributed by atoms with E-state index in [9.17, 15) is 4.21 Å². The predicted molar refractivity (Wildman–Crippen MR) is 84.3 cm³/mol. The van der Waals surface area contributed by atoms with E-state index >= 15 is 0 Å². The Kier molecular flexibility index (Phi) is 4.47. The number of aromatic nitrogens is 2. The Morgan fingerprint density at radius 3 is 2.68 bits per heavy atom. The number of anilines is 1. The average molecular weight is 407 g/mol. The Hall–Kier alpha value is -0.660. The first-order chi connectivity index (χ1) is 8.90. The molecule has 1 aromatic heterocycles. The number of rotatable bonds is 3. The minimum Gasteiger partial charge on any atom is -0.398 e. The van der Waals surface area contributed by atoms with Crippen LogP contribution in [0, 0.1) is 6.92 Å². The quantitative estimate of drug-likeness (QED) is 0.796. The highest BCUT2D eigenvalue weighted by molar-refractivity contribution is 9.10. The van der Waals surface area contributed by atoms with Gasteiger partial charge in [0.1, 0.15) is 0 Å². The summed E-state index contributed by atoms with van der Waals surface area (Å²) in [6.07, 6.45) is 0. The Morgan fingerprint density at radius 2 is 2.11 bits per heavy atom. The van der Waals surface area contributed by atoms with Crippen molar-refractivity contribution in [3.8, 4) is 0 Å². The van der Waals surface area contributed by atoms with E-state index in [-0.39, 0.29) is 0 Å². The molecule has 0 fully saturated rings. The minimum atomic E-state index is -1.21. The van der Waals surface area contributed by atoms with Crippen molar-refractivity contribution in [1.82, 2.24) is 9.78 Å². The van der Waals surface area contributed by atoms with E-state index in [1.807, 2.05) is 20.0 Å². The second kappa shape index (κ2) is 5.76. The molecule has 4 nitrogen and oxygen atoms in total. The van der Waals surface area contributed by atoms with Crippen molar-refractivity contribution in [3.63, 3.8) is 0 Å². The summed E-state index contributed by atoms with van der Waals surface area (Å²) in [7, 11) is 0.633. The third-order valence-electron chi connectivity index (χ3n) is 2.75. The SMILES string of the molecule is Cc1nn(C)c(CS(=O)c2cc(Br)ccc2N)c1Br. The van der Waals surface area contributed by atoms with Crippen molar-refractivity contribution < 1.29 is 4.21 Å². The van der Waals surface area contributed by atoms with Crippen molar-refractivity contribution in [2.24, 2.45) is 7.05 Å². The third kappa shape index (κ3) is 3.09. The largest absolute Gasteiger partial charge is 0.398 e. The van der Waals surface area contributed by atoms with E-state index in [0.717, 1.165) is 20.3 Å². The molecule has 0 bridgehead atoms. The molecule has 0 amide bonds. The maximum Gasteiger partial charge on any atom is 0.0738 e. The maximum absolute atomic E-state index is 12.4. The van der Waals surface area contributed by atoms with Gasteiger partial charge in [-0.3, -0.25) is 8.89 Å². The van der Waals surface area contributed by atoms with Gasteiger partial charge in [0.2, 0.25) is 0 Å². The van der Waals surface area contributed by atoms with Crippen LogP contribution in [0.3, 0.4) is 0 Å². The lowest BCUT2D eigenvalue weighted by molar-refractivity contribution is 0.676. The van der Waals surface area contributed by atoms with Crippen LogP contribution in [0.25, 0.3) is 0 Å². The Labute approximate surface area is 131 Å². The van der Waals surface area contributed by atoms with Gasteiger partial charge in [0.05, 0.1) is 37.3 Å². The van der Waals surface area contributed by atoms with Crippen LogP contribution >= 0.6 is 31.9 Å². The fourth-order valence-electron chi connectivity index (χ4n) is 1.74. The van der Waals surface area contributed by atoms with Crippen molar-refractivity contribution in [2.45, 2.75) is 17.6 Å². The summed E-state index contributed by atoms with van der Waals surface area (Å²) in [6, 6.07) is 5.38. The Morgan fingerprint density at radius 1 is 1.42 bits per heavy atom. The normalized spacial score (nSPS) is 12.6. The van der Waals surface area contributed by atoms with Crippen LogP contribution in [-0.4, -0.2) is 14.0 Å². The molecule has 1 unspecified atom stereocenters. The molecule has 1 aromatic carbocycles. The summed E-state index contributed by atoms with van der Waals surface area (Å²) in [5.41, 5.74) is 8.20. The van der Waals surface area contributed by atoms with Gasteiger partial charge in [0, 0.05) is 17.2 Å². The molecule has 0 aliphatic rings. The Bertz CT molecular complexity index is 655. The number of hydrogen-bond acceptors (Lipinski definition) is 3. The molecule has 2 aromatic rings. The molecule has 2 rings (SSSR count). The predicted octanol–water partition coefficient (Wildman–Crippen LogP) is 3.14. The number of nitrogen functional groups attached to an aromatic ring is 1. The van der Waals surface area contributed by atoms with E-state index < -0.39 is 10.8 Å². The average Bonchev–Trinajstić information content (AvgIpc) is 2.59. The van der Waals surface area contributed by atoms with Crippen LogP contribution in [0.1, 0.15) is 11.4 Å². The van der Waals surface area contributed by atoms with E-state index in [1.54, 1.807) is 16.8 Å². The van der Waals surface area contributed by atoms with Crippen molar-refractivity contribution >= 4 is 48.3 Å². The summed E-state index contributed by atoms with van der Waals surface area (Å²) < 4.78 is 16.0. The van der Waals surface area contributed by atoms with Crippen LogP contribution < -0.4 is 5.73 Å². The van der Waals surface area contributed by atoms with Crippen LogP contribution in [0.5, 0.6) is 0 Å². The second-order valence-electron chi connectivity index (χ2n) is 4.14. The van der Waals surface area contributed by atoms with Crippen molar-refractivity contribution in [1.29, 1.82) is 0 Å². The van der Waals surface area contributed by atoms with E-state index in [4.69, 9.17) is 5.73 Å². The standard InChI is InChI=1S/C12H13Br2N3OS/c1-7-12(14)10(17(2)16-7)6-19(18)11-5-8(13)3-4-9(11)15/h3-5H,6,15H2,1-2H3. The molecule has 0 aliphatic carbocycles. The van der Waals surface area contributed by atoms with Crippen molar-refractivity contribution in [2.75, 3.05) is 5.73 Å². The fourth-order valence-corrected chi connectivity index (χ4v) is 4.24. The number of nitrogens with zero attached hydrogens (tertiary/aromatic N) is 2. The molecule has 19 heavy (non-hydrogen) atoms. The lowest BCUT2D eigenvalue weighted by Gasteiger charge is -2.07. The van der Waals surface area contributed by atoms with Gasteiger partial charge in [-0.1, -0.05) is 15.9 Å². The third-order valence-corrected chi connectivity index (χ3v) is 5.65. The summed E-state index contributed by atoms with van der Waals surface area (Å²) in [6.45, 7) is 1.91. The molecule has 0 saturated carbocycles. The van der Waals surface area contributed by atoms with Gasteiger partial charge in [0.25, 0.3) is 0 Å². The first-order valence-electron chi connectivity index (χ1n) is 5.51. The zero-order valence-electron chi connectivity index (χ0n) is 10.5. The molecule has 1 atom stereocenters. The monoisotopic (exact) mass is 405 g/mol. The Balaban J connectivity index is 2.33. The highest BCUT2D eigenvalue weighted by Gasteiger charge is 2.16. The van der Waals surface area contributed by atoms with E-state index in [2.05, 4.69) is 37.0 Å². The number of aryl methyl sites for hydroxylation is 2. The van der Waals surface area contributed by atoms with Crippen LogP contribution in [0.15, 0.2) is 32.0 Å². The molecular weight excluding hydrogens is 394 g/mol. The molecule has 102 valence electrons. The number of hydrogen-bond donors (Lipinski definition) is 1. The van der Waals surface area contributed by atoms with E-state index in [0.29, 0.717) is 16.3 Å². The van der Waals surface area contributed by atoms with Gasteiger partial charge in [-0.25, -0.2) is 0 Å². The molecule has 2 N–H and O–H groups in total. The smallest absolute Gasteiger partial charge is 0.0738 e. The zero-order chi connectivity index (χ0) is 14.2. The molecule has 1 heterocycles. The number of nitrogens with two attached hydrogens (primary N) is 1. The number of benzene rings is 1. The molecule has 7 heteroatoms. The second-order valence-corrected chi connectivity index (χ2v) is 7.27. The van der Waals surface area contributed by atoms with E-state index in [1.165, 1.54) is 0 Å². The molecule has 0 aliphatic heterocycles. The highest BCUT2D eigenvalue weighted by Crippen LogP contribution is 2.27. The van der Waals surface area contributed by atoms with Gasteiger partial charge in [-0.15, -0.1) is 0 Å². The van der Waals surface area contributed by atoms with Crippen LogP contribution in [0.2, 0.25) is 0 Å². The highest BCUT2D eigenvalue weighted by atomic mass is 79.9. The van der Waals surface area contributed by atoms with Crippen LogP contribution in [0.4, 0.5) is 5.69 Å². The van der Waals surface area contributed by atoms with Crippen molar-refractivity contribution in [3.05, 3.63) is 38.5 Å². The summed E-state index contributed by atoms with van der Waals surface area (Å²) >= 11 is 6.84. The minimum absolute atomic E-state index is 0.374. The van der Waals surface area contributed by atoms with Gasteiger partial charge in [-0.2, -0.15) is 5.10 Å². The summed E-state index contributed by atoms with van der Waals surface area (Å²) in [5.74, 6) is 0.374. The summed E-state index contributed by atoms with van der Waals surface area (Å²) in [5, 5.41) is 4.29. The van der Waals surface area contributed by atoms with Gasteiger partial charge >= 0.3 is 0 Å². The first kappa shape index (κ1) is 14.7. The zero-order valence-corrected chi connectivity index (χ0v) is 14.5. The van der Waals surface area contributed by atoms with Crippen LogP contribution in [-0.2, 0) is 23.6 Å². The lowest BCUT2D eigenvalue weighted by atomic mass is 10.3. The molecule has 0 spiro atoms. The molecule has 0 radical (unpaired) electrons. The van der Waals surface area contributed by atoms with Gasteiger partial charge in [0.15, 0.2) is 0 Å². The topological polar surface area (TPSA) is 60.9 Å². The molecular formula is C12H13Br2N3OS. The first-order valence-corrected chi connectivity index (χ1v) is 8.42.